The third kappa shape index (κ3) is 4.09. The van der Waals surface area contributed by atoms with Crippen LogP contribution in [0.3, 0.4) is 0 Å². The van der Waals surface area contributed by atoms with Crippen molar-refractivity contribution >= 4 is 11.6 Å². The number of nitrogens with zero attached hydrogens (tertiary/aromatic N) is 2. The summed E-state index contributed by atoms with van der Waals surface area (Å²) >= 11 is 0. The molecule has 0 atom stereocenters. The van der Waals surface area contributed by atoms with Gasteiger partial charge in [-0.2, -0.15) is 0 Å². The number of hydrogen-bond donors (Lipinski definition) is 3. The number of nitrogen functional groups attached to an aromatic ring is 1. The zero-order chi connectivity index (χ0) is 15.6. The van der Waals surface area contributed by atoms with Crippen molar-refractivity contribution in [1.29, 1.82) is 0 Å². The summed E-state index contributed by atoms with van der Waals surface area (Å²) in [6.07, 6.45) is 0. The summed E-state index contributed by atoms with van der Waals surface area (Å²) in [7, 11) is 0. The van der Waals surface area contributed by atoms with E-state index in [-0.39, 0.29) is 11.7 Å². The first-order valence-corrected chi connectivity index (χ1v) is 7.09. The van der Waals surface area contributed by atoms with Gasteiger partial charge in [0.2, 0.25) is 0 Å². The molecule has 1 aliphatic heterocycles. The van der Waals surface area contributed by atoms with Gasteiger partial charge in [-0.1, -0.05) is 0 Å². The second kappa shape index (κ2) is 5.91. The number of aromatic hydroxyl groups is 1. The van der Waals surface area contributed by atoms with Gasteiger partial charge in [-0.3, -0.25) is 9.69 Å². The normalized spacial score (nSPS) is 17.0. The van der Waals surface area contributed by atoms with E-state index in [1.54, 1.807) is 18.7 Å². The molecular weight excluding hydrogens is 270 g/mol. The van der Waals surface area contributed by atoms with E-state index in [0.29, 0.717) is 44.0 Å². The summed E-state index contributed by atoms with van der Waals surface area (Å²) in [6, 6.07) is 4.40. The second-order valence-corrected chi connectivity index (χ2v) is 6.15. The number of aliphatic hydroxyl groups is 1. The lowest BCUT2D eigenvalue weighted by molar-refractivity contribution is 0.0178. The Morgan fingerprint density at radius 1 is 1.29 bits per heavy atom. The molecule has 0 saturated carbocycles. The van der Waals surface area contributed by atoms with Gasteiger partial charge in [-0.05, 0) is 32.0 Å². The molecular formula is C15H23N3O3. The zero-order valence-electron chi connectivity index (χ0n) is 12.5. The van der Waals surface area contributed by atoms with Gasteiger partial charge in [-0.25, -0.2) is 0 Å². The van der Waals surface area contributed by atoms with E-state index < -0.39 is 5.60 Å². The summed E-state index contributed by atoms with van der Waals surface area (Å²) < 4.78 is 0. The molecule has 2 rings (SSSR count). The predicted molar refractivity (Wildman–Crippen MR) is 81.2 cm³/mol. The van der Waals surface area contributed by atoms with Crippen molar-refractivity contribution in [2.45, 2.75) is 19.4 Å². The van der Waals surface area contributed by atoms with Crippen molar-refractivity contribution in [3.05, 3.63) is 23.8 Å². The molecule has 21 heavy (non-hydrogen) atoms. The Hall–Kier alpha value is -1.79. The fraction of sp³-hybridized carbons (Fsp3) is 0.533. The maximum Gasteiger partial charge on any atom is 0.256 e. The highest BCUT2D eigenvalue weighted by Gasteiger charge is 2.26. The summed E-state index contributed by atoms with van der Waals surface area (Å²) in [6.45, 7) is 6.75. The molecule has 1 saturated heterocycles. The molecule has 6 heteroatoms. The van der Waals surface area contributed by atoms with Crippen LogP contribution >= 0.6 is 0 Å². The smallest absolute Gasteiger partial charge is 0.256 e. The number of carbonyl (C=O) groups is 1. The number of phenols is 1. The van der Waals surface area contributed by atoms with Gasteiger partial charge in [0.1, 0.15) is 5.75 Å². The minimum atomic E-state index is -0.734. The molecule has 1 fully saturated rings. The minimum absolute atomic E-state index is 0.0354. The van der Waals surface area contributed by atoms with Crippen molar-refractivity contribution in [3.63, 3.8) is 0 Å². The van der Waals surface area contributed by atoms with Crippen LogP contribution in [0.5, 0.6) is 5.75 Å². The minimum Gasteiger partial charge on any atom is -0.508 e. The molecule has 4 N–H and O–H groups in total. The second-order valence-electron chi connectivity index (χ2n) is 6.15. The van der Waals surface area contributed by atoms with Crippen molar-refractivity contribution in [1.82, 2.24) is 9.80 Å². The van der Waals surface area contributed by atoms with Crippen molar-refractivity contribution in [3.8, 4) is 5.75 Å². The number of nitrogens with two attached hydrogens (primary N) is 1. The van der Waals surface area contributed by atoms with Crippen LogP contribution in [0.2, 0.25) is 0 Å². The van der Waals surface area contributed by atoms with E-state index in [4.69, 9.17) is 5.73 Å². The van der Waals surface area contributed by atoms with E-state index in [9.17, 15) is 15.0 Å². The predicted octanol–water partition coefficient (Wildman–Crippen LogP) is 0.503. The highest BCUT2D eigenvalue weighted by molar-refractivity contribution is 5.99. The van der Waals surface area contributed by atoms with Gasteiger partial charge in [0.25, 0.3) is 5.91 Å². The van der Waals surface area contributed by atoms with Gasteiger partial charge in [0.05, 0.1) is 11.2 Å². The Morgan fingerprint density at radius 3 is 2.48 bits per heavy atom. The summed E-state index contributed by atoms with van der Waals surface area (Å²) in [5.41, 5.74) is 5.78. The highest BCUT2D eigenvalue weighted by atomic mass is 16.3. The Kier molecular flexibility index (Phi) is 4.39. The van der Waals surface area contributed by atoms with Gasteiger partial charge >= 0.3 is 0 Å². The number of piperazine rings is 1. The van der Waals surface area contributed by atoms with Crippen molar-refractivity contribution in [2.75, 3.05) is 38.5 Å². The average Bonchev–Trinajstić information content (AvgIpc) is 2.40. The molecule has 6 nitrogen and oxygen atoms in total. The van der Waals surface area contributed by atoms with Gasteiger partial charge in [0, 0.05) is 38.4 Å². The molecule has 0 unspecified atom stereocenters. The largest absolute Gasteiger partial charge is 0.508 e. The lowest BCUT2D eigenvalue weighted by Crippen LogP contribution is -2.52. The lowest BCUT2D eigenvalue weighted by atomic mass is 10.1. The number of β-amino-alcohol motifs (C(OH)–C–C–N with tert-alkyl or cyclic N) is 1. The van der Waals surface area contributed by atoms with Crippen LogP contribution in [0, 0.1) is 0 Å². The van der Waals surface area contributed by atoms with Crippen LogP contribution in [-0.2, 0) is 0 Å². The number of amides is 1. The fourth-order valence-corrected chi connectivity index (χ4v) is 2.56. The molecule has 0 aromatic heterocycles. The van der Waals surface area contributed by atoms with Gasteiger partial charge in [0.15, 0.2) is 0 Å². The zero-order valence-corrected chi connectivity index (χ0v) is 12.5. The molecule has 0 aliphatic carbocycles. The number of carbonyl (C=O) groups excluding carboxylic acids is 1. The molecule has 0 radical (unpaired) electrons. The van der Waals surface area contributed by atoms with E-state index >= 15 is 0 Å². The monoisotopic (exact) mass is 293 g/mol. The van der Waals surface area contributed by atoms with Gasteiger partial charge < -0.3 is 20.8 Å². The third-order valence-corrected chi connectivity index (χ3v) is 3.54. The standard InChI is InChI=1S/C15H23N3O3/c1-15(2,21)10-17-5-7-18(8-6-17)14(20)12-9-11(19)3-4-13(12)16/h3-4,9,19,21H,5-8,10,16H2,1-2H3. The topological polar surface area (TPSA) is 90.0 Å². The van der Waals surface area contributed by atoms with Crippen molar-refractivity contribution < 1.29 is 15.0 Å². The molecule has 116 valence electrons. The van der Waals surface area contributed by atoms with E-state index in [1.807, 2.05) is 0 Å². The van der Waals surface area contributed by atoms with Crippen LogP contribution in [-0.4, -0.2) is 64.2 Å². The fourth-order valence-electron chi connectivity index (χ4n) is 2.56. The Labute approximate surface area is 124 Å². The summed E-state index contributed by atoms with van der Waals surface area (Å²) in [4.78, 5) is 16.3. The Balaban J connectivity index is 1.99. The number of rotatable bonds is 3. The Morgan fingerprint density at radius 2 is 1.90 bits per heavy atom. The SMILES string of the molecule is CC(C)(O)CN1CCN(C(=O)c2cc(O)ccc2N)CC1. The molecule has 1 amide bonds. The van der Waals surface area contributed by atoms with E-state index in [1.165, 1.54) is 18.2 Å². The number of benzene rings is 1. The molecule has 1 aliphatic rings. The molecule has 0 bridgehead atoms. The number of phenolic OH excluding ortho intramolecular Hbond substituents is 1. The van der Waals surface area contributed by atoms with E-state index in [0.717, 1.165) is 0 Å². The first kappa shape index (κ1) is 15.6. The molecule has 1 heterocycles. The van der Waals surface area contributed by atoms with Crippen molar-refractivity contribution in [2.24, 2.45) is 0 Å². The Bertz CT molecular complexity index is 517. The van der Waals surface area contributed by atoms with Crippen LogP contribution in [0.15, 0.2) is 18.2 Å². The maximum absolute atomic E-state index is 12.4. The highest BCUT2D eigenvalue weighted by Crippen LogP contribution is 2.21. The van der Waals surface area contributed by atoms with E-state index in [2.05, 4.69) is 4.90 Å². The molecule has 1 aromatic rings. The first-order chi connectivity index (χ1) is 9.76. The number of hydrogen-bond acceptors (Lipinski definition) is 5. The summed E-state index contributed by atoms with van der Waals surface area (Å²) in [5, 5.41) is 19.3. The quantitative estimate of drug-likeness (QED) is 0.558. The van der Waals surface area contributed by atoms with Crippen LogP contribution < -0.4 is 5.73 Å². The van der Waals surface area contributed by atoms with Gasteiger partial charge in [-0.15, -0.1) is 0 Å². The van der Waals surface area contributed by atoms with Crippen LogP contribution in [0.25, 0.3) is 0 Å². The van der Waals surface area contributed by atoms with Crippen LogP contribution in [0.1, 0.15) is 24.2 Å². The lowest BCUT2D eigenvalue weighted by Gasteiger charge is -2.37. The van der Waals surface area contributed by atoms with Crippen LogP contribution in [0.4, 0.5) is 5.69 Å². The molecule has 0 spiro atoms. The first-order valence-electron chi connectivity index (χ1n) is 7.09. The molecule has 1 aromatic carbocycles. The average molecular weight is 293 g/mol. The number of anilines is 1. The maximum atomic E-state index is 12.4. The third-order valence-electron chi connectivity index (χ3n) is 3.54. The summed E-state index contributed by atoms with van der Waals surface area (Å²) in [5.74, 6) is -0.125.